The van der Waals surface area contributed by atoms with Crippen LogP contribution in [0.15, 0.2) is 24.3 Å². The Bertz CT molecular complexity index is 498. The maximum absolute atomic E-state index is 12.0. The average Bonchev–Trinajstić information content (AvgIpc) is 2.91. The van der Waals surface area contributed by atoms with Gasteiger partial charge in [-0.15, -0.1) is 0 Å². The zero-order valence-corrected chi connectivity index (χ0v) is 12.6. The van der Waals surface area contributed by atoms with Gasteiger partial charge in [0.15, 0.2) is 0 Å². The zero-order chi connectivity index (χ0) is 14.5. The van der Waals surface area contributed by atoms with Crippen molar-refractivity contribution in [3.8, 4) is 0 Å². The van der Waals surface area contributed by atoms with Crippen LogP contribution in [-0.4, -0.2) is 30.5 Å². The van der Waals surface area contributed by atoms with Gasteiger partial charge in [-0.1, -0.05) is 37.2 Å². The first-order valence-electron chi connectivity index (χ1n) is 6.97. The van der Waals surface area contributed by atoms with E-state index in [1.165, 1.54) is 12.8 Å². The molecule has 3 N–H and O–H groups in total. The predicted octanol–water partition coefficient (Wildman–Crippen LogP) is 1.82. The molecular formula is C15H21N3OS. The van der Waals surface area contributed by atoms with E-state index in [2.05, 4.69) is 5.32 Å². The second kappa shape index (κ2) is 6.70. The van der Waals surface area contributed by atoms with Crippen LogP contribution in [0.4, 0.5) is 5.69 Å². The molecule has 1 saturated carbocycles. The SMILES string of the molecule is CN(CC(=O)NC1CCCC1)c1ccccc1C(N)=S. The van der Waals surface area contributed by atoms with Crippen molar-refractivity contribution < 1.29 is 4.79 Å². The van der Waals surface area contributed by atoms with Crippen LogP contribution < -0.4 is 16.0 Å². The summed E-state index contributed by atoms with van der Waals surface area (Å²) in [5.41, 5.74) is 7.41. The van der Waals surface area contributed by atoms with E-state index in [0.717, 1.165) is 24.1 Å². The van der Waals surface area contributed by atoms with E-state index in [1.807, 2.05) is 36.2 Å². The number of amides is 1. The quantitative estimate of drug-likeness (QED) is 0.813. The highest BCUT2D eigenvalue weighted by Gasteiger charge is 2.18. The van der Waals surface area contributed by atoms with Gasteiger partial charge in [0, 0.05) is 24.3 Å². The Morgan fingerprint density at radius 3 is 2.70 bits per heavy atom. The standard InChI is InChI=1S/C15H21N3OS/c1-18(10-14(19)17-11-6-2-3-7-11)13-9-5-4-8-12(13)15(16)20/h4-5,8-9,11H,2-3,6-7,10H2,1H3,(H2,16,20)(H,17,19). The van der Waals surface area contributed by atoms with Crippen LogP contribution >= 0.6 is 12.2 Å². The Morgan fingerprint density at radius 2 is 2.05 bits per heavy atom. The molecule has 0 aromatic heterocycles. The van der Waals surface area contributed by atoms with Gasteiger partial charge >= 0.3 is 0 Å². The number of nitrogens with two attached hydrogens (primary N) is 1. The molecule has 0 radical (unpaired) electrons. The summed E-state index contributed by atoms with van der Waals surface area (Å²) in [6.07, 6.45) is 4.62. The third kappa shape index (κ3) is 3.70. The number of likely N-dealkylation sites (N-methyl/N-ethyl adjacent to an activating group) is 1. The summed E-state index contributed by atoms with van der Waals surface area (Å²) >= 11 is 5.05. The van der Waals surface area contributed by atoms with E-state index in [0.29, 0.717) is 17.6 Å². The number of anilines is 1. The molecule has 1 aromatic carbocycles. The molecule has 1 aliphatic carbocycles. The molecule has 0 atom stereocenters. The summed E-state index contributed by atoms with van der Waals surface area (Å²) in [5, 5.41) is 3.08. The van der Waals surface area contributed by atoms with Gasteiger partial charge in [-0.3, -0.25) is 4.79 Å². The summed E-state index contributed by atoms with van der Waals surface area (Å²) in [6.45, 7) is 0.316. The van der Waals surface area contributed by atoms with Crippen molar-refractivity contribution in [1.82, 2.24) is 5.32 Å². The Balaban J connectivity index is 1.98. The lowest BCUT2D eigenvalue weighted by molar-refractivity contribution is -0.120. The molecule has 0 unspecified atom stereocenters. The van der Waals surface area contributed by atoms with Gasteiger partial charge in [0.2, 0.25) is 5.91 Å². The molecule has 1 aromatic rings. The molecule has 0 spiro atoms. The van der Waals surface area contributed by atoms with Crippen LogP contribution in [0.25, 0.3) is 0 Å². The van der Waals surface area contributed by atoms with Crippen LogP contribution in [0.1, 0.15) is 31.2 Å². The second-order valence-electron chi connectivity index (χ2n) is 5.29. The number of benzene rings is 1. The van der Waals surface area contributed by atoms with Crippen molar-refractivity contribution in [3.05, 3.63) is 29.8 Å². The van der Waals surface area contributed by atoms with Crippen LogP contribution in [-0.2, 0) is 4.79 Å². The molecule has 2 rings (SSSR count). The van der Waals surface area contributed by atoms with Crippen molar-refractivity contribution in [3.63, 3.8) is 0 Å². The molecule has 4 nitrogen and oxygen atoms in total. The van der Waals surface area contributed by atoms with E-state index in [-0.39, 0.29) is 5.91 Å². The number of para-hydroxylation sites is 1. The van der Waals surface area contributed by atoms with Crippen molar-refractivity contribution in [2.24, 2.45) is 5.73 Å². The molecule has 1 fully saturated rings. The lowest BCUT2D eigenvalue weighted by atomic mass is 10.1. The second-order valence-corrected chi connectivity index (χ2v) is 5.73. The maximum atomic E-state index is 12.0. The fourth-order valence-electron chi connectivity index (χ4n) is 2.66. The van der Waals surface area contributed by atoms with Gasteiger partial charge in [-0.2, -0.15) is 0 Å². The highest BCUT2D eigenvalue weighted by atomic mass is 32.1. The number of thiocarbonyl (C=S) groups is 1. The first-order valence-corrected chi connectivity index (χ1v) is 7.38. The summed E-state index contributed by atoms with van der Waals surface area (Å²) in [6, 6.07) is 7.97. The number of nitrogens with zero attached hydrogens (tertiary/aromatic N) is 1. The minimum atomic E-state index is 0.0529. The monoisotopic (exact) mass is 291 g/mol. The Morgan fingerprint density at radius 1 is 1.40 bits per heavy atom. The summed E-state index contributed by atoms with van der Waals surface area (Å²) < 4.78 is 0. The topological polar surface area (TPSA) is 58.4 Å². The summed E-state index contributed by atoms with van der Waals surface area (Å²) in [5.74, 6) is 0.0529. The van der Waals surface area contributed by atoms with E-state index in [9.17, 15) is 4.79 Å². The molecule has 20 heavy (non-hydrogen) atoms. The first kappa shape index (κ1) is 14.8. The normalized spacial score (nSPS) is 15.1. The van der Waals surface area contributed by atoms with Crippen LogP contribution in [0.3, 0.4) is 0 Å². The van der Waals surface area contributed by atoms with E-state index in [4.69, 9.17) is 18.0 Å². The first-order chi connectivity index (χ1) is 9.58. The molecule has 1 aliphatic rings. The molecule has 0 heterocycles. The molecule has 108 valence electrons. The predicted molar refractivity (Wildman–Crippen MR) is 86.0 cm³/mol. The third-order valence-corrected chi connectivity index (χ3v) is 3.90. The van der Waals surface area contributed by atoms with Gasteiger partial charge in [-0.05, 0) is 25.0 Å². The van der Waals surface area contributed by atoms with E-state index < -0.39 is 0 Å². The zero-order valence-electron chi connectivity index (χ0n) is 11.8. The van der Waals surface area contributed by atoms with Gasteiger partial charge in [0.1, 0.15) is 4.99 Å². The van der Waals surface area contributed by atoms with Crippen LogP contribution in [0, 0.1) is 0 Å². The minimum absolute atomic E-state index is 0.0529. The van der Waals surface area contributed by atoms with Gasteiger partial charge in [0.25, 0.3) is 0 Å². The summed E-state index contributed by atoms with van der Waals surface area (Å²) in [4.78, 5) is 14.3. The van der Waals surface area contributed by atoms with Gasteiger partial charge < -0.3 is 16.0 Å². The van der Waals surface area contributed by atoms with Crippen molar-refractivity contribution in [1.29, 1.82) is 0 Å². The van der Waals surface area contributed by atoms with Gasteiger partial charge in [-0.25, -0.2) is 0 Å². The Kier molecular flexibility index (Phi) is 4.95. The Hall–Kier alpha value is -1.62. The lowest BCUT2D eigenvalue weighted by Crippen LogP contribution is -2.40. The minimum Gasteiger partial charge on any atom is -0.389 e. The van der Waals surface area contributed by atoms with Gasteiger partial charge in [0.05, 0.1) is 6.54 Å². The fraction of sp³-hybridized carbons (Fsp3) is 0.467. The largest absolute Gasteiger partial charge is 0.389 e. The van der Waals surface area contributed by atoms with E-state index in [1.54, 1.807) is 0 Å². The van der Waals surface area contributed by atoms with Crippen molar-refractivity contribution in [2.45, 2.75) is 31.7 Å². The number of carbonyl (C=O) groups is 1. The third-order valence-electron chi connectivity index (χ3n) is 3.68. The summed E-state index contributed by atoms with van der Waals surface area (Å²) in [7, 11) is 1.88. The van der Waals surface area contributed by atoms with Crippen LogP contribution in [0.5, 0.6) is 0 Å². The number of rotatable bonds is 5. The maximum Gasteiger partial charge on any atom is 0.239 e. The molecule has 0 aliphatic heterocycles. The molecule has 5 heteroatoms. The van der Waals surface area contributed by atoms with Crippen molar-refractivity contribution in [2.75, 3.05) is 18.5 Å². The van der Waals surface area contributed by atoms with Crippen LogP contribution in [0.2, 0.25) is 0 Å². The number of nitrogens with one attached hydrogen (secondary N) is 1. The lowest BCUT2D eigenvalue weighted by Gasteiger charge is -2.22. The van der Waals surface area contributed by atoms with Crippen molar-refractivity contribution >= 4 is 28.8 Å². The molecular weight excluding hydrogens is 270 g/mol. The number of hydrogen-bond acceptors (Lipinski definition) is 3. The average molecular weight is 291 g/mol. The molecule has 0 saturated heterocycles. The number of carbonyl (C=O) groups excluding carboxylic acids is 1. The number of hydrogen-bond donors (Lipinski definition) is 2. The highest BCUT2D eigenvalue weighted by Crippen LogP contribution is 2.20. The smallest absolute Gasteiger partial charge is 0.239 e. The molecule has 1 amide bonds. The Labute approximate surface area is 125 Å². The highest BCUT2D eigenvalue weighted by molar-refractivity contribution is 7.80. The fourth-order valence-corrected chi connectivity index (χ4v) is 2.83. The van der Waals surface area contributed by atoms with E-state index >= 15 is 0 Å². The molecule has 0 bridgehead atoms.